The molecule has 0 bridgehead atoms. The molecule has 21 heavy (non-hydrogen) atoms. The summed E-state index contributed by atoms with van der Waals surface area (Å²) in [6.45, 7) is 0. The third-order valence-electron chi connectivity index (χ3n) is 3.24. The van der Waals surface area contributed by atoms with Gasteiger partial charge in [0.1, 0.15) is 11.5 Å². The smallest absolute Gasteiger partial charge is 0.159 e. The molecular weight excluding hydrogens is 276 g/mol. The molecule has 0 saturated heterocycles. The van der Waals surface area contributed by atoms with Gasteiger partial charge in [-0.25, -0.2) is 8.78 Å². The first-order valence-corrected chi connectivity index (χ1v) is 6.46. The van der Waals surface area contributed by atoms with Gasteiger partial charge in [-0.15, -0.1) is 0 Å². The molecule has 5 heteroatoms. The summed E-state index contributed by atoms with van der Waals surface area (Å²) in [7, 11) is 3.11. The first-order valence-electron chi connectivity index (χ1n) is 6.46. The summed E-state index contributed by atoms with van der Waals surface area (Å²) < 4.78 is 36.5. The van der Waals surface area contributed by atoms with Crippen LogP contribution in [-0.2, 0) is 6.42 Å². The quantitative estimate of drug-likeness (QED) is 0.920. The topological polar surface area (TPSA) is 44.5 Å². The Balaban J connectivity index is 2.22. The maximum Gasteiger partial charge on any atom is 0.159 e. The Morgan fingerprint density at radius 2 is 1.57 bits per heavy atom. The van der Waals surface area contributed by atoms with E-state index in [1.165, 1.54) is 6.07 Å². The SMILES string of the molecule is COc1cc(OC)cc(C(N)Cc2ccc(F)c(F)c2)c1. The molecule has 0 fully saturated rings. The summed E-state index contributed by atoms with van der Waals surface area (Å²) >= 11 is 0. The normalized spacial score (nSPS) is 12.0. The molecule has 112 valence electrons. The highest BCUT2D eigenvalue weighted by Crippen LogP contribution is 2.27. The molecule has 1 unspecified atom stereocenters. The van der Waals surface area contributed by atoms with Crippen molar-refractivity contribution in [1.82, 2.24) is 0 Å². The van der Waals surface area contributed by atoms with Crippen molar-refractivity contribution in [3.8, 4) is 11.5 Å². The predicted octanol–water partition coefficient (Wildman–Crippen LogP) is 3.22. The lowest BCUT2D eigenvalue weighted by molar-refractivity contribution is 0.392. The molecule has 0 heterocycles. The standard InChI is InChI=1S/C16H17F2NO2/c1-20-12-7-11(8-13(9-12)21-2)16(19)6-10-3-4-14(17)15(18)5-10/h3-5,7-9,16H,6,19H2,1-2H3. The van der Waals surface area contributed by atoms with Crippen molar-refractivity contribution in [3.05, 3.63) is 59.2 Å². The summed E-state index contributed by atoms with van der Waals surface area (Å²) in [4.78, 5) is 0. The summed E-state index contributed by atoms with van der Waals surface area (Å²) in [6.07, 6.45) is 0.382. The Hall–Kier alpha value is -2.14. The highest BCUT2D eigenvalue weighted by molar-refractivity contribution is 5.40. The summed E-state index contributed by atoms with van der Waals surface area (Å²) in [5, 5.41) is 0. The number of halogens is 2. The lowest BCUT2D eigenvalue weighted by Crippen LogP contribution is -2.14. The van der Waals surface area contributed by atoms with Gasteiger partial charge in [0.25, 0.3) is 0 Å². The number of benzene rings is 2. The van der Waals surface area contributed by atoms with Crippen LogP contribution < -0.4 is 15.2 Å². The zero-order valence-corrected chi connectivity index (χ0v) is 11.9. The summed E-state index contributed by atoms with van der Waals surface area (Å²) in [5.41, 5.74) is 7.56. The maximum absolute atomic E-state index is 13.2. The Bertz CT molecular complexity index is 609. The molecule has 2 aromatic rings. The van der Waals surface area contributed by atoms with E-state index >= 15 is 0 Å². The molecule has 1 atom stereocenters. The van der Waals surface area contributed by atoms with Crippen LogP contribution in [0.15, 0.2) is 36.4 Å². The Labute approximate surface area is 122 Å². The van der Waals surface area contributed by atoms with E-state index in [1.807, 2.05) is 0 Å². The van der Waals surface area contributed by atoms with Crippen LogP contribution in [0.2, 0.25) is 0 Å². The van der Waals surface area contributed by atoms with Crippen molar-refractivity contribution in [2.45, 2.75) is 12.5 Å². The van der Waals surface area contributed by atoms with Gasteiger partial charge < -0.3 is 15.2 Å². The fourth-order valence-corrected chi connectivity index (χ4v) is 2.08. The summed E-state index contributed by atoms with van der Waals surface area (Å²) in [5.74, 6) is -0.478. The number of methoxy groups -OCH3 is 2. The first-order chi connectivity index (χ1) is 10.0. The van der Waals surface area contributed by atoms with Gasteiger partial charge in [-0.05, 0) is 41.8 Å². The molecule has 2 N–H and O–H groups in total. The average Bonchev–Trinajstić information content (AvgIpc) is 2.50. The van der Waals surface area contributed by atoms with Crippen LogP contribution in [0.4, 0.5) is 8.78 Å². The second kappa shape index (κ2) is 6.54. The molecule has 2 aromatic carbocycles. The minimum Gasteiger partial charge on any atom is -0.497 e. The molecule has 0 aliphatic heterocycles. The van der Waals surface area contributed by atoms with E-state index in [2.05, 4.69) is 0 Å². The van der Waals surface area contributed by atoms with Crippen molar-refractivity contribution in [1.29, 1.82) is 0 Å². The highest BCUT2D eigenvalue weighted by atomic mass is 19.2. The van der Waals surface area contributed by atoms with Crippen molar-refractivity contribution >= 4 is 0 Å². The number of ether oxygens (including phenoxy) is 2. The van der Waals surface area contributed by atoms with E-state index in [0.717, 1.165) is 17.7 Å². The van der Waals surface area contributed by atoms with E-state index in [1.54, 1.807) is 32.4 Å². The Morgan fingerprint density at radius 1 is 0.952 bits per heavy atom. The van der Waals surface area contributed by atoms with E-state index in [9.17, 15) is 8.78 Å². The van der Waals surface area contributed by atoms with Crippen molar-refractivity contribution in [2.75, 3.05) is 14.2 Å². The Kier molecular flexibility index (Phi) is 4.75. The van der Waals surface area contributed by atoms with Gasteiger partial charge in [0.15, 0.2) is 11.6 Å². The third kappa shape index (κ3) is 3.70. The van der Waals surface area contributed by atoms with Gasteiger partial charge >= 0.3 is 0 Å². The molecule has 0 radical (unpaired) electrons. The molecular formula is C16H17F2NO2. The van der Waals surface area contributed by atoms with Gasteiger partial charge in [0.2, 0.25) is 0 Å². The van der Waals surface area contributed by atoms with Crippen LogP contribution in [0.25, 0.3) is 0 Å². The summed E-state index contributed by atoms with van der Waals surface area (Å²) in [6, 6.07) is 8.75. The second-order valence-corrected chi connectivity index (χ2v) is 4.71. The minimum atomic E-state index is -0.872. The van der Waals surface area contributed by atoms with Crippen LogP contribution >= 0.6 is 0 Å². The maximum atomic E-state index is 13.2. The third-order valence-corrected chi connectivity index (χ3v) is 3.24. The van der Waals surface area contributed by atoms with E-state index in [4.69, 9.17) is 15.2 Å². The second-order valence-electron chi connectivity index (χ2n) is 4.71. The lowest BCUT2D eigenvalue weighted by Gasteiger charge is -2.15. The highest BCUT2D eigenvalue weighted by Gasteiger charge is 2.12. The molecule has 3 nitrogen and oxygen atoms in total. The minimum absolute atomic E-state index is 0.376. The zero-order valence-electron chi connectivity index (χ0n) is 11.9. The van der Waals surface area contributed by atoms with Crippen molar-refractivity contribution in [2.24, 2.45) is 5.73 Å². The van der Waals surface area contributed by atoms with Gasteiger partial charge in [0, 0.05) is 12.1 Å². The van der Waals surface area contributed by atoms with Crippen LogP contribution in [0, 0.1) is 11.6 Å². The Morgan fingerprint density at radius 3 is 2.10 bits per heavy atom. The van der Waals surface area contributed by atoms with Gasteiger partial charge in [0.05, 0.1) is 14.2 Å². The largest absolute Gasteiger partial charge is 0.497 e. The van der Waals surface area contributed by atoms with Crippen LogP contribution in [-0.4, -0.2) is 14.2 Å². The number of nitrogens with two attached hydrogens (primary N) is 1. The molecule has 0 spiro atoms. The van der Waals surface area contributed by atoms with Gasteiger partial charge in [-0.3, -0.25) is 0 Å². The molecule has 0 saturated carbocycles. The zero-order chi connectivity index (χ0) is 15.4. The molecule has 2 rings (SSSR count). The predicted molar refractivity (Wildman–Crippen MR) is 76.5 cm³/mol. The molecule has 0 aromatic heterocycles. The van der Waals surface area contributed by atoms with Crippen LogP contribution in [0.3, 0.4) is 0 Å². The molecule has 0 aliphatic rings. The van der Waals surface area contributed by atoms with Gasteiger partial charge in [-0.1, -0.05) is 6.07 Å². The fourth-order valence-electron chi connectivity index (χ4n) is 2.08. The van der Waals surface area contributed by atoms with Crippen molar-refractivity contribution < 1.29 is 18.3 Å². The van der Waals surface area contributed by atoms with Crippen molar-refractivity contribution in [3.63, 3.8) is 0 Å². The van der Waals surface area contributed by atoms with E-state index < -0.39 is 11.6 Å². The van der Waals surface area contributed by atoms with E-state index in [0.29, 0.717) is 23.5 Å². The van der Waals surface area contributed by atoms with Gasteiger partial charge in [-0.2, -0.15) is 0 Å². The average molecular weight is 293 g/mol. The fraction of sp³-hybridized carbons (Fsp3) is 0.250. The lowest BCUT2D eigenvalue weighted by atomic mass is 9.99. The number of hydrogen-bond donors (Lipinski definition) is 1. The first kappa shape index (κ1) is 15.3. The van der Waals surface area contributed by atoms with Crippen LogP contribution in [0.1, 0.15) is 17.2 Å². The number of hydrogen-bond acceptors (Lipinski definition) is 3. The van der Waals surface area contributed by atoms with Crippen LogP contribution in [0.5, 0.6) is 11.5 Å². The molecule has 0 amide bonds. The monoisotopic (exact) mass is 293 g/mol. The van der Waals surface area contributed by atoms with E-state index in [-0.39, 0.29) is 6.04 Å². The number of rotatable bonds is 5. The molecule has 0 aliphatic carbocycles.